The molecule has 1 aliphatic carbocycles. The second kappa shape index (κ2) is 9.75. The molecule has 38 heavy (non-hydrogen) atoms. The number of rotatable bonds is 5. The van der Waals surface area contributed by atoms with E-state index in [1.54, 1.807) is 31.1 Å². The van der Waals surface area contributed by atoms with Crippen molar-refractivity contribution in [2.75, 3.05) is 14.1 Å². The summed E-state index contributed by atoms with van der Waals surface area (Å²) in [7, 11) is 3.35. The Morgan fingerprint density at radius 2 is 1.74 bits per heavy atom. The molecule has 5 rings (SSSR count). The summed E-state index contributed by atoms with van der Waals surface area (Å²) in [5.74, 6) is -0.253. The zero-order valence-electron chi connectivity index (χ0n) is 22.1. The van der Waals surface area contributed by atoms with Crippen molar-refractivity contribution >= 4 is 44.4 Å². The second-order valence-electron chi connectivity index (χ2n) is 10.6. The number of nitrogens with one attached hydrogen (secondary N) is 2. The van der Waals surface area contributed by atoms with Crippen molar-refractivity contribution in [3.8, 4) is 11.3 Å². The summed E-state index contributed by atoms with van der Waals surface area (Å²) >= 11 is 1.52. The number of imidazole rings is 1. The van der Waals surface area contributed by atoms with Gasteiger partial charge in [-0.1, -0.05) is 23.5 Å². The average molecular weight is 534 g/mol. The summed E-state index contributed by atoms with van der Waals surface area (Å²) in [6.07, 6.45) is 3.02. The minimum absolute atomic E-state index is 0.0195. The fourth-order valence-corrected chi connectivity index (χ4v) is 5.54. The molecule has 0 radical (unpaired) electrons. The van der Waals surface area contributed by atoms with Crippen molar-refractivity contribution in [3.05, 3.63) is 59.8 Å². The number of hydrogen-bond donors (Lipinski definition) is 2. The van der Waals surface area contributed by atoms with Crippen molar-refractivity contribution < 1.29 is 19.1 Å². The Labute approximate surface area is 224 Å². The van der Waals surface area contributed by atoms with E-state index in [0.717, 1.165) is 26.4 Å². The average Bonchev–Trinajstić information content (AvgIpc) is 3.41. The summed E-state index contributed by atoms with van der Waals surface area (Å²) in [6.45, 7) is 5.53. The molecule has 2 heterocycles. The standard InChI is InChI=1S/C28H31N5O4S/c1-28(2,3)37-27(36)32(5)20-13-19(14-20)30-25(35)18-10-11-22-23(12-18)38-26-31-21(15-33(22)26)16-6-8-17(9-7-16)24(34)29-4/h6-12,15,19-20H,13-14H2,1-5H3,(H,29,34)(H,30,35). The van der Waals surface area contributed by atoms with Crippen molar-refractivity contribution in [1.29, 1.82) is 0 Å². The van der Waals surface area contributed by atoms with Crippen LogP contribution in [0.25, 0.3) is 26.4 Å². The number of aromatic nitrogens is 2. The van der Waals surface area contributed by atoms with Gasteiger partial charge in [-0.15, -0.1) is 0 Å². The van der Waals surface area contributed by atoms with Gasteiger partial charge in [0, 0.05) is 49.1 Å². The molecule has 198 valence electrons. The van der Waals surface area contributed by atoms with Gasteiger partial charge in [0.2, 0.25) is 0 Å². The third kappa shape index (κ3) is 5.08. The van der Waals surface area contributed by atoms with Crippen LogP contribution in [0.2, 0.25) is 0 Å². The van der Waals surface area contributed by atoms with E-state index < -0.39 is 5.60 Å². The zero-order chi connectivity index (χ0) is 27.2. The van der Waals surface area contributed by atoms with Crippen LogP contribution in [0.3, 0.4) is 0 Å². The van der Waals surface area contributed by atoms with Gasteiger partial charge < -0.3 is 20.3 Å². The van der Waals surface area contributed by atoms with Gasteiger partial charge in [0.25, 0.3) is 11.8 Å². The number of hydrogen-bond acceptors (Lipinski definition) is 6. The van der Waals surface area contributed by atoms with E-state index in [-0.39, 0.29) is 30.0 Å². The van der Waals surface area contributed by atoms with E-state index in [4.69, 9.17) is 9.72 Å². The summed E-state index contributed by atoms with van der Waals surface area (Å²) in [5.41, 5.74) is 3.38. The molecule has 2 aromatic carbocycles. The minimum Gasteiger partial charge on any atom is -0.444 e. The number of carbonyl (C=O) groups is 3. The van der Waals surface area contributed by atoms with Gasteiger partial charge >= 0.3 is 6.09 Å². The second-order valence-corrected chi connectivity index (χ2v) is 11.6. The normalized spacial score (nSPS) is 17.2. The number of amides is 3. The highest BCUT2D eigenvalue weighted by Crippen LogP contribution is 2.31. The number of ether oxygens (including phenoxy) is 1. The summed E-state index contributed by atoms with van der Waals surface area (Å²) < 4.78 is 8.42. The fraction of sp³-hybridized carbons (Fsp3) is 0.357. The molecule has 0 unspecified atom stereocenters. The lowest BCUT2D eigenvalue weighted by Gasteiger charge is -2.41. The first-order valence-electron chi connectivity index (χ1n) is 12.5. The molecular formula is C28H31N5O4S. The smallest absolute Gasteiger partial charge is 0.410 e. The maximum atomic E-state index is 12.9. The Kier molecular flexibility index (Phi) is 6.60. The van der Waals surface area contributed by atoms with Crippen molar-refractivity contribution in [1.82, 2.24) is 24.9 Å². The van der Waals surface area contributed by atoms with Crippen LogP contribution in [0.5, 0.6) is 0 Å². The first-order chi connectivity index (χ1) is 18.0. The Morgan fingerprint density at radius 1 is 1.05 bits per heavy atom. The molecule has 1 saturated carbocycles. The molecular weight excluding hydrogens is 502 g/mol. The van der Waals surface area contributed by atoms with Crippen molar-refractivity contribution in [2.45, 2.75) is 51.3 Å². The van der Waals surface area contributed by atoms with Crippen LogP contribution in [0, 0.1) is 0 Å². The van der Waals surface area contributed by atoms with Crippen LogP contribution >= 0.6 is 11.3 Å². The Morgan fingerprint density at radius 3 is 2.39 bits per heavy atom. The number of benzene rings is 2. The number of nitrogens with zero attached hydrogens (tertiary/aromatic N) is 3. The molecule has 3 amide bonds. The first kappa shape index (κ1) is 25.7. The molecule has 0 spiro atoms. The minimum atomic E-state index is -0.536. The predicted octanol–water partition coefficient (Wildman–Crippen LogP) is 4.70. The lowest BCUT2D eigenvalue weighted by atomic mass is 9.85. The summed E-state index contributed by atoms with van der Waals surface area (Å²) in [4.78, 5) is 44.2. The van der Waals surface area contributed by atoms with E-state index in [1.165, 1.54) is 11.3 Å². The molecule has 1 aliphatic rings. The molecule has 2 aromatic heterocycles. The topological polar surface area (TPSA) is 105 Å². The molecule has 2 N–H and O–H groups in total. The molecule has 9 nitrogen and oxygen atoms in total. The maximum absolute atomic E-state index is 12.9. The molecule has 0 bridgehead atoms. The highest BCUT2D eigenvalue weighted by Gasteiger charge is 2.36. The van der Waals surface area contributed by atoms with Crippen LogP contribution in [-0.4, -0.2) is 64.0 Å². The van der Waals surface area contributed by atoms with Gasteiger partial charge in [0.1, 0.15) is 5.60 Å². The van der Waals surface area contributed by atoms with Gasteiger partial charge in [0.05, 0.1) is 15.9 Å². The summed E-state index contributed by atoms with van der Waals surface area (Å²) in [6, 6.07) is 13.1. The van der Waals surface area contributed by atoms with Gasteiger partial charge in [-0.2, -0.15) is 0 Å². The van der Waals surface area contributed by atoms with Gasteiger partial charge in [-0.05, 0) is 63.9 Å². The van der Waals surface area contributed by atoms with Gasteiger partial charge in [-0.25, -0.2) is 9.78 Å². The molecule has 0 atom stereocenters. The van der Waals surface area contributed by atoms with Crippen LogP contribution in [-0.2, 0) is 4.74 Å². The summed E-state index contributed by atoms with van der Waals surface area (Å²) in [5, 5.41) is 5.70. The quantitative estimate of drug-likeness (QED) is 0.387. The maximum Gasteiger partial charge on any atom is 0.410 e. The lowest BCUT2D eigenvalue weighted by Crippen LogP contribution is -2.54. The predicted molar refractivity (Wildman–Crippen MR) is 148 cm³/mol. The Balaban J connectivity index is 1.24. The van der Waals surface area contributed by atoms with E-state index in [0.29, 0.717) is 24.0 Å². The van der Waals surface area contributed by atoms with Gasteiger partial charge in [0.15, 0.2) is 4.96 Å². The molecule has 0 saturated heterocycles. The zero-order valence-corrected chi connectivity index (χ0v) is 22.9. The van der Waals surface area contributed by atoms with E-state index in [2.05, 4.69) is 10.6 Å². The van der Waals surface area contributed by atoms with E-state index in [1.807, 2.05) is 61.7 Å². The first-order valence-corrected chi connectivity index (χ1v) is 13.3. The van der Waals surface area contributed by atoms with Crippen molar-refractivity contribution in [2.24, 2.45) is 0 Å². The molecule has 0 aliphatic heterocycles. The molecule has 1 fully saturated rings. The monoisotopic (exact) mass is 533 g/mol. The van der Waals surface area contributed by atoms with Crippen LogP contribution < -0.4 is 10.6 Å². The fourth-order valence-electron chi connectivity index (χ4n) is 4.49. The highest BCUT2D eigenvalue weighted by molar-refractivity contribution is 7.23. The third-order valence-electron chi connectivity index (χ3n) is 6.70. The number of carbonyl (C=O) groups excluding carboxylic acids is 3. The Hall–Kier alpha value is -3.92. The van der Waals surface area contributed by atoms with Crippen molar-refractivity contribution in [3.63, 3.8) is 0 Å². The molecule has 10 heteroatoms. The highest BCUT2D eigenvalue weighted by atomic mass is 32.1. The molecule has 4 aromatic rings. The third-order valence-corrected chi connectivity index (χ3v) is 7.72. The number of thiazole rings is 1. The Bertz CT molecular complexity index is 1530. The lowest BCUT2D eigenvalue weighted by molar-refractivity contribution is 0.0106. The van der Waals surface area contributed by atoms with Crippen LogP contribution in [0.4, 0.5) is 4.79 Å². The number of fused-ring (bicyclic) bond motifs is 3. The largest absolute Gasteiger partial charge is 0.444 e. The SMILES string of the molecule is CNC(=O)c1ccc(-c2cn3c(n2)sc2cc(C(=O)NC4CC(N(C)C(=O)OC(C)(C)C)C4)ccc23)cc1. The van der Waals surface area contributed by atoms with E-state index >= 15 is 0 Å². The van der Waals surface area contributed by atoms with Crippen LogP contribution in [0.1, 0.15) is 54.3 Å². The van der Waals surface area contributed by atoms with Crippen LogP contribution in [0.15, 0.2) is 48.7 Å². The van der Waals surface area contributed by atoms with Gasteiger partial charge in [-0.3, -0.25) is 14.0 Å². The van der Waals surface area contributed by atoms with E-state index in [9.17, 15) is 14.4 Å².